The van der Waals surface area contributed by atoms with Gasteiger partial charge < -0.3 is 14.8 Å². The smallest absolute Gasteiger partial charge is 0.244 e. The summed E-state index contributed by atoms with van der Waals surface area (Å²) in [6.45, 7) is 4.73. The van der Waals surface area contributed by atoms with Crippen molar-refractivity contribution in [2.24, 2.45) is 0 Å². The first-order valence-electron chi connectivity index (χ1n) is 8.92. The summed E-state index contributed by atoms with van der Waals surface area (Å²) in [6.07, 6.45) is 3.93. The van der Waals surface area contributed by atoms with Gasteiger partial charge in [0.15, 0.2) is 11.5 Å². The van der Waals surface area contributed by atoms with E-state index in [1.165, 1.54) is 6.08 Å². The zero-order valence-electron chi connectivity index (χ0n) is 15.6. The number of nitrogens with one attached hydrogen (secondary N) is 1. The molecule has 8 heteroatoms. The van der Waals surface area contributed by atoms with E-state index in [2.05, 4.69) is 15.4 Å². The predicted molar refractivity (Wildman–Crippen MR) is 107 cm³/mol. The molecule has 0 radical (unpaired) electrons. The average Bonchev–Trinajstić information content (AvgIpc) is 3.39. The summed E-state index contributed by atoms with van der Waals surface area (Å²) in [5.41, 5.74) is 3.84. The summed E-state index contributed by atoms with van der Waals surface area (Å²) in [6, 6.07) is 7.59. The second kappa shape index (κ2) is 7.85. The van der Waals surface area contributed by atoms with Gasteiger partial charge in [0.1, 0.15) is 0 Å². The van der Waals surface area contributed by atoms with Gasteiger partial charge in [-0.15, -0.1) is 11.3 Å². The van der Waals surface area contributed by atoms with E-state index in [0.29, 0.717) is 18.7 Å². The topological polar surface area (TPSA) is 78.3 Å². The first-order valence-corrected chi connectivity index (χ1v) is 9.80. The lowest BCUT2D eigenvalue weighted by atomic mass is 10.2. The van der Waals surface area contributed by atoms with Gasteiger partial charge in [-0.25, -0.2) is 9.67 Å². The number of carbonyl (C=O) groups is 1. The zero-order valence-corrected chi connectivity index (χ0v) is 16.5. The number of amides is 1. The molecular weight excluding hydrogens is 376 g/mol. The number of benzene rings is 1. The van der Waals surface area contributed by atoms with Gasteiger partial charge in [0.2, 0.25) is 17.8 Å². The van der Waals surface area contributed by atoms with Crippen LogP contribution in [0.4, 0.5) is 0 Å². The monoisotopic (exact) mass is 396 g/mol. The van der Waals surface area contributed by atoms with Crippen LogP contribution in [0, 0.1) is 13.8 Å². The summed E-state index contributed by atoms with van der Waals surface area (Å²) in [5, 5.41) is 10.2. The molecular formula is C20H20N4O3S. The number of rotatable bonds is 6. The second-order valence-electron chi connectivity index (χ2n) is 6.45. The number of fused-ring (bicyclic) bond motifs is 1. The number of carbonyl (C=O) groups excluding carboxylic acids is 1. The van der Waals surface area contributed by atoms with Gasteiger partial charge in [-0.05, 0) is 43.7 Å². The third-order valence-corrected chi connectivity index (χ3v) is 5.10. The predicted octanol–water partition coefficient (Wildman–Crippen LogP) is 3.05. The Morgan fingerprint density at radius 3 is 2.96 bits per heavy atom. The van der Waals surface area contributed by atoms with Gasteiger partial charge in [0.25, 0.3) is 0 Å². The fourth-order valence-electron chi connectivity index (χ4n) is 2.89. The van der Waals surface area contributed by atoms with Crippen LogP contribution in [0.5, 0.6) is 11.5 Å². The summed E-state index contributed by atoms with van der Waals surface area (Å²) >= 11 is 1.55. The number of aryl methyl sites for hydroxylation is 2. The van der Waals surface area contributed by atoms with Gasteiger partial charge in [0.05, 0.1) is 11.4 Å². The third kappa shape index (κ3) is 4.07. The molecule has 7 nitrogen and oxygen atoms in total. The van der Waals surface area contributed by atoms with Gasteiger partial charge >= 0.3 is 0 Å². The largest absolute Gasteiger partial charge is 0.454 e. The molecule has 1 N–H and O–H groups in total. The Balaban J connectivity index is 1.28. The SMILES string of the molecule is Cc1cc(C)n(-c2nc(CCNC(=O)/C=C/c3ccc4c(c3)OCO4)cs2)n1. The van der Waals surface area contributed by atoms with E-state index in [-0.39, 0.29) is 12.7 Å². The summed E-state index contributed by atoms with van der Waals surface area (Å²) in [7, 11) is 0. The molecule has 4 rings (SSSR count). The van der Waals surface area contributed by atoms with Crippen molar-refractivity contribution in [1.82, 2.24) is 20.1 Å². The van der Waals surface area contributed by atoms with Crippen LogP contribution >= 0.6 is 11.3 Å². The molecule has 1 aliphatic heterocycles. The second-order valence-corrected chi connectivity index (χ2v) is 7.28. The number of aromatic nitrogens is 3. The maximum Gasteiger partial charge on any atom is 0.244 e. The third-order valence-electron chi connectivity index (χ3n) is 4.23. The molecule has 3 heterocycles. The fourth-order valence-corrected chi connectivity index (χ4v) is 3.76. The first-order chi connectivity index (χ1) is 13.6. The Hall–Kier alpha value is -3.13. The lowest BCUT2D eigenvalue weighted by Crippen LogP contribution is -2.23. The van der Waals surface area contributed by atoms with E-state index >= 15 is 0 Å². The Morgan fingerprint density at radius 2 is 2.14 bits per heavy atom. The minimum absolute atomic E-state index is 0.147. The average molecular weight is 396 g/mol. The minimum Gasteiger partial charge on any atom is -0.454 e. The molecule has 28 heavy (non-hydrogen) atoms. The highest BCUT2D eigenvalue weighted by Gasteiger charge is 2.12. The molecule has 144 valence electrons. The molecule has 0 saturated carbocycles. The van der Waals surface area contributed by atoms with Gasteiger partial charge in [0, 0.05) is 30.1 Å². The molecule has 0 bridgehead atoms. The number of nitrogens with zero attached hydrogens (tertiary/aromatic N) is 3. The normalized spacial score (nSPS) is 12.6. The van der Waals surface area contributed by atoms with Crippen molar-refractivity contribution < 1.29 is 14.3 Å². The standard InChI is InChI=1S/C20H20N4O3S/c1-13-9-14(2)24(23-13)20-22-16(11-28-20)7-8-21-19(25)6-4-15-3-5-17-18(10-15)27-12-26-17/h3-6,9-11H,7-8,12H2,1-2H3,(H,21,25)/b6-4+. The maximum absolute atomic E-state index is 12.0. The Kier molecular flexibility index (Phi) is 5.12. The van der Waals surface area contributed by atoms with Crippen LogP contribution in [0.1, 0.15) is 22.6 Å². The van der Waals surface area contributed by atoms with E-state index in [9.17, 15) is 4.79 Å². The van der Waals surface area contributed by atoms with Crippen LogP contribution in [0.3, 0.4) is 0 Å². The molecule has 0 aliphatic carbocycles. The highest BCUT2D eigenvalue weighted by molar-refractivity contribution is 7.12. The molecule has 2 aromatic heterocycles. The molecule has 1 amide bonds. The molecule has 0 fully saturated rings. The molecule has 0 unspecified atom stereocenters. The van der Waals surface area contributed by atoms with Gasteiger partial charge in [-0.2, -0.15) is 5.10 Å². The van der Waals surface area contributed by atoms with Crippen molar-refractivity contribution in [2.45, 2.75) is 20.3 Å². The van der Waals surface area contributed by atoms with Crippen LogP contribution in [0.25, 0.3) is 11.2 Å². The van der Waals surface area contributed by atoms with Crippen molar-refractivity contribution >= 4 is 23.3 Å². The molecule has 0 atom stereocenters. The van der Waals surface area contributed by atoms with Crippen LogP contribution in [0.2, 0.25) is 0 Å². The number of hydrogen-bond donors (Lipinski definition) is 1. The van der Waals surface area contributed by atoms with E-state index in [0.717, 1.165) is 33.5 Å². The summed E-state index contributed by atoms with van der Waals surface area (Å²) in [4.78, 5) is 16.6. The Labute approximate surface area is 166 Å². The van der Waals surface area contributed by atoms with Crippen molar-refractivity contribution in [3.8, 4) is 16.6 Å². The van der Waals surface area contributed by atoms with Crippen molar-refractivity contribution in [1.29, 1.82) is 0 Å². The zero-order chi connectivity index (χ0) is 19.5. The summed E-state index contributed by atoms with van der Waals surface area (Å²) in [5.74, 6) is 1.28. The van der Waals surface area contributed by atoms with E-state index in [4.69, 9.17) is 9.47 Å². The minimum atomic E-state index is -0.147. The molecule has 0 spiro atoms. The fraction of sp³-hybridized carbons (Fsp3) is 0.250. The van der Waals surface area contributed by atoms with Crippen LogP contribution < -0.4 is 14.8 Å². The van der Waals surface area contributed by atoms with Crippen LogP contribution in [-0.4, -0.2) is 34.0 Å². The van der Waals surface area contributed by atoms with Gasteiger partial charge in [-0.1, -0.05) is 6.07 Å². The molecule has 1 aromatic carbocycles. The van der Waals surface area contributed by atoms with Crippen LogP contribution in [-0.2, 0) is 11.2 Å². The van der Waals surface area contributed by atoms with Crippen molar-refractivity contribution in [3.63, 3.8) is 0 Å². The van der Waals surface area contributed by atoms with Crippen molar-refractivity contribution in [2.75, 3.05) is 13.3 Å². The molecule has 0 saturated heterocycles. The first kappa shape index (κ1) is 18.2. The van der Waals surface area contributed by atoms with E-state index in [1.54, 1.807) is 17.4 Å². The van der Waals surface area contributed by atoms with E-state index < -0.39 is 0 Å². The van der Waals surface area contributed by atoms with Gasteiger partial charge in [-0.3, -0.25) is 4.79 Å². The lowest BCUT2D eigenvalue weighted by Gasteiger charge is -2.01. The Bertz CT molecular complexity index is 1040. The van der Waals surface area contributed by atoms with Crippen molar-refractivity contribution in [3.05, 3.63) is 58.4 Å². The number of hydrogen-bond acceptors (Lipinski definition) is 6. The van der Waals surface area contributed by atoms with Crippen LogP contribution in [0.15, 0.2) is 35.7 Å². The quantitative estimate of drug-likeness (QED) is 0.648. The Morgan fingerprint density at radius 1 is 1.29 bits per heavy atom. The highest BCUT2D eigenvalue weighted by atomic mass is 32.1. The number of ether oxygens (including phenoxy) is 2. The lowest BCUT2D eigenvalue weighted by molar-refractivity contribution is -0.116. The molecule has 3 aromatic rings. The maximum atomic E-state index is 12.0. The highest BCUT2D eigenvalue weighted by Crippen LogP contribution is 2.32. The van der Waals surface area contributed by atoms with E-state index in [1.807, 2.05) is 48.2 Å². The summed E-state index contributed by atoms with van der Waals surface area (Å²) < 4.78 is 12.5. The number of thiazole rings is 1. The molecule has 1 aliphatic rings.